The van der Waals surface area contributed by atoms with Crippen LogP contribution in [0.1, 0.15) is 66.2 Å². The predicted octanol–water partition coefficient (Wildman–Crippen LogP) is 5.52. The minimum absolute atomic E-state index is 0.00489. The van der Waals surface area contributed by atoms with Crippen molar-refractivity contribution in [2.24, 2.45) is 0 Å². The largest absolute Gasteiger partial charge is 0.507 e. The van der Waals surface area contributed by atoms with Crippen molar-refractivity contribution in [1.29, 1.82) is 5.26 Å². The van der Waals surface area contributed by atoms with Gasteiger partial charge < -0.3 is 33.2 Å². The second kappa shape index (κ2) is 11.4. The highest BCUT2D eigenvalue weighted by Crippen LogP contribution is 2.58. The topological polar surface area (TPSA) is 106 Å². The number of phenols is 1. The minimum atomic E-state index is -2.20. The highest BCUT2D eigenvalue weighted by molar-refractivity contribution is 6.74. The first kappa shape index (κ1) is 31.9. The molecule has 1 saturated heterocycles. The van der Waals surface area contributed by atoms with Crippen LogP contribution in [0, 0.1) is 25.2 Å². The number of fused-ring (bicyclic) bond motifs is 9. The third-order valence-corrected chi connectivity index (χ3v) is 15.5. The molecule has 0 saturated carbocycles. The van der Waals surface area contributed by atoms with E-state index < -0.39 is 14.4 Å². The number of hydrogen-bond acceptors (Lipinski definition) is 10. The van der Waals surface area contributed by atoms with Crippen molar-refractivity contribution in [3.63, 3.8) is 0 Å². The van der Waals surface area contributed by atoms with Gasteiger partial charge in [0.05, 0.1) is 31.9 Å². The number of phenolic OH excluding ortho intramolecular Hbond substituents is 1. The molecule has 0 unspecified atom stereocenters. The van der Waals surface area contributed by atoms with Gasteiger partial charge in [0, 0.05) is 41.4 Å². The fraction of sp³-hybridized carbons (Fsp3) is 0.618. The summed E-state index contributed by atoms with van der Waals surface area (Å²) in [5.41, 5.74) is 5.55. The summed E-state index contributed by atoms with van der Waals surface area (Å²) >= 11 is 0. The van der Waals surface area contributed by atoms with E-state index in [2.05, 4.69) is 62.8 Å². The van der Waals surface area contributed by atoms with Crippen molar-refractivity contribution in [1.82, 2.24) is 9.80 Å². The molecule has 0 aliphatic carbocycles. The van der Waals surface area contributed by atoms with E-state index in [9.17, 15) is 10.4 Å². The quantitative estimate of drug-likeness (QED) is 0.308. The maximum absolute atomic E-state index is 11.7. The van der Waals surface area contributed by atoms with Gasteiger partial charge in [-0.25, -0.2) is 0 Å². The first-order valence-corrected chi connectivity index (χ1v) is 18.7. The van der Waals surface area contributed by atoms with E-state index in [1.165, 1.54) is 0 Å². The van der Waals surface area contributed by atoms with E-state index >= 15 is 0 Å². The molecule has 45 heavy (non-hydrogen) atoms. The van der Waals surface area contributed by atoms with Crippen molar-refractivity contribution in [2.75, 3.05) is 41.5 Å². The van der Waals surface area contributed by atoms with Gasteiger partial charge in [-0.05, 0) is 63.0 Å². The molecule has 6 rings (SSSR count). The summed E-state index contributed by atoms with van der Waals surface area (Å²) in [5, 5.41) is 22.7. The molecule has 0 spiro atoms. The zero-order valence-corrected chi connectivity index (χ0v) is 29.2. The van der Waals surface area contributed by atoms with E-state index in [1.807, 2.05) is 13.8 Å². The molecule has 10 nitrogen and oxygen atoms in total. The molecule has 0 aromatic heterocycles. The van der Waals surface area contributed by atoms with Gasteiger partial charge in [0.2, 0.25) is 6.79 Å². The molecule has 0 amide bonds. The van der Waals surface area contributed by atoms with Gasteiger partial charge >= 0.3 is 0 Å². The molecule has 11 heteroatoms. The zero-order chi connectivity index (χ0) is 32.6. The van der Waals surface area contributed by atoms with Crippen molar-refractivity contribution in [2.45, 2.75) is 95.8 Å². The average molecular weight is 638 g/mol. The van der Waals surface area contributed by atoms with E-state index in [0.29, 0.717) is 48.0 Å². The van der Waals surface area contributed by atoms with Crippen LogP contribution in [0.4, 0.5) is 0 Å². The summed E-state index contributed by atoms with van der Waals surface area (Å²) in [7, 11) is 3.18. The Labute approximate surface area is 267 Å². The van der Waals surface area contributed by atoms with Crippen LogP contribution in [0.3, 0.4) is 0 Å². The van der Waals surface area contributed by atoms with Gasteiger partial charge in [0.1, 0.15) is 11.8 Å². The molecule has 244 valence electrons. The molecule has 4 aliphatic rings. The van der Waals surface area contributed by atoms with Crippen molar-refractivity contribution in [3.05, 3.63) is 39.4 Å². The number of aromatic hydroxyl groups is 1. The number of ether oxygens (including phenoxy) is 5. The summed E-state index contributed by atoms with van der Waals surface area (Å²) in [6, 6.07) is 3.71. The van der Waals surface area contributed by atoms with Gasteiger partial charge in [-0.2, -0.15) is 5.26 Å². The minimum Gasteiger partial charge on any atom is -0.507 e. The Morgan fingerprint density at radius 3 is 2.42 bits per heavy atom. The number of hydrogen-bond donors (Lipinski definition) is 1. The molecule has 0 radical (unpaired) electrons. The summed E-state index contributed by atoms with van der Waals surface area (Å²) in [4.78, 5) is 4.69. The maximum Gasteiger partial charge on any atom is 0.231 e. The van der Waals surface area contributed by atoms with Crippen LogP contribution in [-0.4, -0.2) is 82.8 Å². The number of benzene rings is 2. The smallest absolute Gasteiger partial charge is 0.231 e. The summed E-state index contributed by atoms with van der Waals surface area (Å²) in [5.74, 6) is 2.81. The Bertz CT molecular complexity index is 1550. The lowest BCUT2D eigenvalue weighted by Crippen LogP contribution is -2.68. The standard InChI is InChI=1S/C34H47N3O7Si/c1-18-11-20-12-22-24(14-35)37-23(28(36(22)6)26(20)32(30(18)40-8)41-16-39-7)13-21-27(25(37)15-44-45(9,10)34(3,4)5)33-31(42-17-43-33)19(2)29(21)38/h11,22-25,28,38H,12-13,15-17H2,1-10H3/t22-,23-,24-,25-,28-/m0/s1. The summed E-state index contributed by atoms with van der Waals surface area (Å²) < 4.78 is 36.5. The SMILES string of the molecule is COCOc1c(OC)c(C)cc2c1[C@@H]1[C@@H]3Cc4c(O)c(C)c5c(c4[C@H](CO[Si](C)(C)C(C)(C)C)N3[C@@H](C#N)[C@H](C2)N1C)OCO5. The highest BCUT2D eigenvalue weighted by Gasteiger charge is 2.57. The van der Waals surface area contributed by atoms with Gasteiger partial charge in [0.15, 0.2) is 38.1 Å². The monoisotopic (exact) mass is 637 g/mol. The average Bonchev–Trinajstić information content (AvgIpc) is 3.47. The molecule has 1 fully saturated rings. The molecule has 2 aromatic rings. The maximum atomic E-state index is 11.7. The van der Waals surface area contributed by atoms with Gasteiger partial charge in [-0.1, -0.05) is 26.8 Å². The van der Waals surface area contributed by atoms with Crippen LogP contribution in [0.15, 0.2) is 6.07 Å². The molecule has 4 aliphatic heterocycles. The van der Waals surface area contributed by atoms with Crippen molar-refractivity contribution >= 4 is 8.32 Å². The highest BCUT2D eigenvalue weighted by atomic mass is 28.4. The molecule has 2 bridgehead atoms. The number of methoxy groups -OCH3 is 2. The number of likely N-dealkylation sites (N-methyl/N-ethyl adjacent to an activating group) is 1. The number of aryl methyl sites for hydroxylation is 1. The molecular weight excluding hydrogens is 590 g/mol. The Kier molecular flexibility index (Phi) is 8.06. The molecular formula is C34H47N3O7Si. The van der Waals surface area contributed by atoms with E-state index in [4.69, 9.17) is 28.1 Å². The molecule has 2 aromatic carbocycles. The van der Waals surface area contributed by atoms with Gasteiger partial charge in [-0.15, -0.1) is 0 Å². The second-order valence-corrected chi connectivity index (χ2v) is 19.2. The molecule has 1 N–H and O–H groups in total. The van der Waals surface area contributed by atoms with Crippen LogP contribution in [-0.2, 0) is 22.0 Å². The number of nitriles is 1. The van der Waals surface area contributed by atoms with Gasteiger partial charge in [0.25, 0.3) is 0 Å². The molecule has 5 atom stereocenters. The van der Waals surface area contributed by atoms with E-state index in [-0.39, 0.29) is 48.5 Å². The lowest BCUT2D eigenvalue weighted by atomic mass is 9.71. The molecule has 4 heterocycles. The number of rotatable bonds is 7. The lowest BCUT2D eigenvalue weighted by molar-refractivity contribution is -0.0821. The van der Waals surface area contributed by atoms with Crippen molar-refractivity contribution < 1.29 is 33.2 Å². The van der Waals surface area contributed by atoms with Crippen LogP contribution in [0.5, 0.6) is 28.7 Å². The van der Waals surface area contributed by atoms with Crippen LogP contribution >= 0.6 is 0 Å². The Balaban J connectivity index is 1.58. The van der Waals surface area contributed by atoms with Crippen LogP contribution in [0.2, 0.25) is 18.1 Å². The van der Waals surface area contributed by atoms with Crippen LogP contribution in [0.25, 0.3) is 0 Å². The zero-order valence-electron chi connectivity index (χ0n) is 28.2. The second-order valence-electron chi connectivity index (χ2n) is 14.4. The summed E-state index contributed by atoms with van der Waals surface area (Å²) in [6.45, 7) is 15.6. The third-order valence-electron chi connectivity index (χ3n) is 11.0. The Hall–Kier alpha value is -3.01. The fourth-order valence-electron chi connectivity index (χ4n) is 7.75. The van der Waals surface area contributed by atoms with E-state index in [0.717, 1.165) is 27.8 Å². The normalized spacial score (nSPS) is 25.7. The number of nitrogens with zero attached hydrogens (tertiary/aromatic N) is 3. The predicted molar refractivity (Wildman–Crippen MR) is 172 cm³/mol. The third kappa shape index (κ3) is 4.79. The summed E-state index contributed by atoms with van der Waals surface area (Å²) in [6.07, 6.45) is 1.19. The van der Waals surface area contributed by atoms with Crippen LogP contribution < -0.4 is 18.9 Å². The lowest BCUT2D eigenvalue weighted by Gasteiger charge is -2.60. The Morgan fingerprint density at radius 1 is 1.07 bits per heavy atom. The number of piperazine rings is 1. The van der Waals surface area contributed by atoms with Gasteiger partial charge in [-0.3, -0.25) is 9.80 Å². The van der Waals surface area contributed by atoms with E-state index in [1.54, 1.807) is 14.2 Å². The fourth-order valence-corrected chi connectivity index (χ4v) is 8.75. The first-order valence-electron chi connectivity index (χ1n) is 15.8. The Morgan fingerprint density at radius 2 is 1.78 bits per heavy atom. The van der Waals surface area contributed by atoms with Crippen molar-refractivity contribution in [3.8, 4) is 34.8 Å². The first-order chi connectivity index (χ1) is 21.3.